The van der Waals surface area contributed by atoms with Crippen molar-refractivity contribution in [2.24, 2.45) is 5.92 Å². The number of hydrogen-bond acceptors (Lipinski definition) is 4. The van der Waals surface area contributed by atoms with Crippen molar-refractivity contribution in [1.82, 2.24) is 19.7 Å². The topological polar surface area (TPSA) is 80.9 Å². The van der Waals surface area contributed by atoms with E-state index >= 15 is 0 Å². The highest BCUT2D eigenvalue weighted by atomic mass is 16.4. The van der Waals surface area contributed by atoms with Crippen LogP contribution in [0.15, 0.2) is 42.6 Å². The number of carbonyl (C=O) groups is 1. The van der Waals surface area contributed by atoms with Crippen LogP contribution >= 0.6 is 0 Å². The molecule has 0 aliphatic heterocycles. The molecule has 6 nitrogen and oxygen atoms in total. The molecule has 1 N–H and O–H groups in total. The first-order valence-electron chi connectivity index (χ1n) is 10.7. The first kappa shape index (κ1) is 21.7. The summed E-state index contributed by atoms with van der Waals surface area (Å²) in [5.41, 5.74) is 2.57. The number of nitrogens with zero attached hydrogens (tertiary/aromatic N) is 4. The average Bonchev–Trinajstić information content (AvgIpc) is 3.09. The van der Waals surface area contributed by atoms with Gasteiger partial charge in [-0.2, -0.15) is 5.10 Å². The normalized spacial score (nSPS) is 11.2. The monoisotopic (exact) mass is 406 g/mol. The highest BCUT2D eigenvalue weighted by molar-refractivity contribution is 5.95. The van der Waals surface area contributed by atoms with Crippen molar-refractivity contribution in [2.45, 2.75) is 59.4 Å². The zero-order chi connectivity index (χ0) is 21.5. The van der Waals surface area contributed by atoms with Crippen LogP contribution in [0, 0.1) is 5.92 Å². The molecule has 6 heteroatoms. The van der Waals surface area contributed by atoms with Crippen LogP contribution in [0.1, 0.15) is 67.6 Å². The maximum Gasteiger partial charge on any atom is 0.336 e. The minimum absolute atomic E-state index is 0.256. The van der Waals surface area contributed by atoms with Crippen molar-refractivity contribution in [3.05, 3.63) is 65.4 Å². The minimum Gasteiger partial charge on any atom is -0.478 e. The molecule has 2 heterocycles. The molecule has 3 aromatic rings. The number of pyridine rings is 1. The summed E-state index contributed by atoms with van der Waals surface area (Å²) in [5, 5.41) is 14.1. The molecule has 0 aliphatic rings. The zero-order valence-corrected chi connectivity index (χ0v) is 18.0. The Balaban J connectivity index is 1.81. The number of benzene rings is 1. The van der Waals surface area contributed by atoms with E-state index in [0.717, 1.165) is 36.6 Å². The van der Waals surface area contributed by atoms with Crippen LogP contribution in [0.25, 0.3) is 11.3 Å². The lowest BCUT2D eigenvalue weighted by Gasteiger charge is -2.08. The molecule has 2 aromatic heterocycles. The molecule has 158 valence electrons. The molecule has 0 unspecified atom stereocenters. The van der Waals surface area contributed by atoms with E-state index in [1.54, 1.807) is 24.4 Å². The fourth-order valence-electron chi connectivity index (χ4n) is 3.46. The minimum atomic E-state index is -0.950. The SMILES string of the molecule is CCCCCn1nc(CC(C)C)nc1Cc1ccc(-c2ccccc2C(=O)O)nc1. The van der Waals surface area contributed by atoms with Crippen molar-refractivity contribution < 1.29 is 9.90 Å². The average molecular weight is 407 g/mol. The molecule has 0 saturated carbocycles. The standard InChI is InChI=1S/C24H30N4O2/c1-4-5-8-13-28-23(26-22(27-28)14-17(2)3)15-18-11-12-21(25-16-18)19-9-6-7-10-20(19)24(29)30/h6-7,9-12,16-17H,4-5,8,13-15H2,1-3H3,(H,29,30). The first-order valence-corrected chi connectivity index (χ1v) is 10.7. The van der Waals surface area contributed by atoms with Crippen molar-refractivity contribution in [2.75, 3.05) is 0 Å². The van der Waals surface area contributed by atoms with Gasteiger partial charge in [-0.3, -0.25) is 4.98 Å². The summed E-state index contributed by atoms with van der Waals surface area (Å²) in [6, 6.07) is 10.8. The van der Waals surface area contributed by atoms with Crippen molar-refractivity contribution in [3.8, 4) is 11.3 Å². The lowest BCUT2D eigenvalue weighted by atomic mass is 10.0. The molecular weight excluding hydrogens is 376 g/mol. The van der Waals surface area contributed by atoms with Gasteiger partial charge in [0.25, 0.3) is 0 Å². The summed E-state index contributed by atoms with van der Waals surface area (Å²) in [6.07, 6.45) is 6.78. The van der Waals surface area contributed by atoms with Crippen molar-refractivity contribution in [3.63, 3.8) is 0 Å². The van der Waals surface area contributed by atoms with Gasteiger partial charge in [0.2, 0.25) is 0 Å². The van der Waals surface area contributed by atoms with Crippen molar-refractivity contribution in [1.29, 1.82) is 0 Å². The Morgan fingerprint density at radius 3 is 2.60 bits per heavy atom. The van der Waals surface area contributed by atoms with E-state index in [2.05, 4.69) is 25.8 Å². The summed E-state index contributed by atoms with van der Waals surface area (Å²) in [6.45, 7) is 7.43. The van der Waals surface area contributed by atoms with Gasteiger partial charge in [-0.1, -0.05) is 57.9 Å². The summed E-state index contributed by atoms with van der Waals surface area (Å²) >= 11 is 0. The maximum atomic E-state index is 11.5. The van der Waals surface area contributed by atoms with E-state index in [1.807, 2.05) is 22.9 Å². The van der Waals surface area contributed by atoms with E-state index in [-0.39, 0.29) is 5.56 Å². The predicted octanol–water partition coefficient (Wildman–Crippen LogP) is 5.02. The second-order valence-electron chi connectivity index (χ2n) is 8.05. The Morgan fingerprint density at radius 1 is 1.13 bits per heavy atom. The molecule has 0 aliphatic carbocycles. The number of aromatic carboxylic acids is 1. The van der Waals surface area contributed by atoms with E-state index in [0.29, 0.717) is 23.6 Å². The number of hydrogen-bond donors (Lipinski definition) is 1. The van der Waals surface area contributed by atoms with E-state index in [4.69, 9.17) is 10.1 Å². The molecule has 0 spiro atoms. The number of rotatable bonds is 10. The Labute approximate surface area is 178 Å². The Kier molecular flexibility index (Phi) is 7.33. The lowest BCUT2D eigenvalue weighted by molar-refractivity contribution is 0.0697. The second kappa shape index (κ2) is 10.1. The number of carboxylic acids is 1. The Hall–Kier alpha value is -3.02. The van der Waals surface area contributed by atoms with Crippen LogP contribution < -0.4 is 0 Å². The van der Waals surface area contributed by atoms with Crippen LogP contribution in [-0.2, 0) is 19.4 Å². The molecule has 3 rings (SSSR count). The smallest absolute Gasteiger partial charge is 0.336 e. The molecule has 0 fully saturated rings. The van der Waals surface area contributed by atoms with E-state index in [9.17, 15) is 9.90 Å². The Bertz CT molecular complexity index is 977. The number of aryl methyl sites for hydroxylation is 1. The highest BCUT2D eigenvalue weighted by Gasteiger charge is 2.14. The Morgan fingerprint density at radius 2 is 1.93 bits per heavy atom. The van der Waals surface area contributed by atoms with Crippen LogP contribution in [0.5, 0.6) is 0 Å². The zero-order valence-electron chi connectivity index (χ0n) is 18.0. The first-order chi connectivity index (χ1) is 14.5. The van der Waals surface area contributed by atoms with E-state index in [1.165, 1.54) is 12.8 Å². The van der Waals surface area contributed by atoms with Gasteiger partial charge in [-0.15, -0.1) is 0 Å². The van der Waals surface area contributed by atoms with Gasteiger partial charge in [-0.05, 0) is 30.0 Å². The molecule has 0 bridgehead atoms. The van der Waals surface area contributed by atoms with Crippen LogP contribution in [0.4, 0.5) is 0 Å². The fraction of sp³-hybridized carbons (Fsp3) is 0.417. The summed E-state index contributed by atoms with van der Waals surface area (Å²) in [5.74, 6) is 1.42. The van der Waals surface area contributed by atoms with Gasteiger partial charge in [-0.25, -0.2) is 14.5 Å². The lowest BCUT2D eigenvalue weighted by Crippen LogP contribution is -2.07. The second-order valence-corrected chi connectivity index (χ2v) is 8.05. The third kappa shape index (κ3) is 5.53. The van der Waals surface area contributed by atoms with Gasteiger partial charge < -0.3 is 5.11 Å². The summed E-state index contributed by atoms with van der Waals surface area (Å²) in [4.78, 5) is 20.8. The molecule has 0 radical (unpaired) electrons. The summed E-state index contributed by atoms with van der Waals surface area (Å²) < 4.78 is 2.04. The van der Waals surface area contributed by atoms with Crippen LogP contribution in [0.3, 0.4) is 0 Å². The van der Waals surface area contributed by atoms with E-state index < -0.39 is 5.97 Å². The van der Waals surface area contributed by atoms with Crippen molar-refractivity contribution >= 4 is 5.97 Å². The van der Waals surface area contributed by atoms with Gasteiger partial charge in [0.05, 0.1) is 11.3 Å². The van der Waals surface area contributed by atoms with Gasteiger partial charge in [0.1, 0.15) is 5.82 Å². The highest BCUT2D eigenvalue weighted by Crippen LogP contribution is 2.22. The third-order valence-electron chi connectivity index (χ3n) is 4.98. The quantitative estimate of drug-likeness (QED) is 0.478. The van der Waals surface area contributed by atoms with Gasteiger partial charge in [0, 0.05) is 31.1 Å². The molecule has 0 atom stereocenters. The molecule has 0 amide bonds. The van der Waals surface area contributed by atoms with Crippen LogP contribution in [0.2, 0.25) is 0 Å². The molecule has 1 aromatic carbocycles. The van der Waals surface area contributed by atoms with Crippen LogP contribution in [-0.4, -0.2) is 30.8 Å². The number of aromatic nitrogens is 4. The molecule has 0 saturated heterocycles. The summed E-state index contributed by atoms with van der Waals surface area (Å²) in [7, 11) is 0. The van der Waals surface area contributed by atoms with Gasteiger partial charge in [0.15, 0.2) is 5.82 Å². The molecule has 30 heavy (non-hydrogen) atoms. The largest absolute Gasteiger partial charge is 0.478 e. The number of unbranched alkanes of at least 4 members (excludes halogenated alkanes) is 2. The maximum absolute atomic E-state index is 11.5. The fourth-order valence-corrected chi connectivity index (χ4v) is 3.46. The van der Waals surface area contributed by atoms with Gasteiger partial charge >= 0.3 is 5.97 Å². The molecular formula is C24H30N4O2. The number of carboxylic acid groups (broad SMARTS) is 1. The third-order valence-corrected chi connectivity index (χ3v) is 4.98. The predicted molar refractivity (Wildman–Crippen MR) is 118 cm³/mol.